The van der Waals surface area contributed by atoms with Crippen molar-refractivity contribution in [1.82, 2.24) is 20.1 Å². The number of aromatic nitrogens is 3. The summed E-state index contributed by atoms with van der Waals surface area (Å²) in [5.41, 5.74) is 0.536. The molecule has 1 atom stereocenters. The van der Waals surface area contributed by atoms with E-state index in [-0.39, 0.29) is 11.9 Å². The predicted octanol–water partition coefficient (Wildman–Crippen LogP) is 2.82. The number of nitrogens with zero attached hydrogens (tertiary/aromatic N) is 3. The first kappa shape index (κ1) is 13.5. The monoisotopic (exact) mass is 298 g/mol. The van der Waals surface area contributed by atoms with Crippen molar-refractivity contribution < 1.29 is 4.79 Å². The molecule has 3 heterocycles. The minimum absolute atomic E-state index is 0.0108. The summed E-state index contributed by atoms with van der Waals surface area (Å²) in [5.74, 6) is 0.554. The van der Waals surface area contributed by atoms with E-state index in [2.05, 4.69) is 15.4 Å². The molecular weight excluding hydrogens is 284 g/mol. The lowest BCUT2D eigenvalue weighted by atomic mass is 10.2. The van der Waals surface area contributed by atoms with E-state index in [1.54, 1.807) is 46.7 Å². The Kier molecular flexibility index (Phi) is 3.79. The SMILES string of the molecule is CC(NC(=O)c1ccc(-n2cccn2)nc1)c1cccs1. The number of nitrogens with one attached hydrogen (secondary N) is 1. The molecule has 1 unspecified atom stereocenters. The Morgan fingerprint density at radius 1 is 1.33 bits per heavy atom. The molecule has 1 amide bonds. The molecule has 106 valence electrons. The van der Waals surface area contributed by atoms with Crippen LogP contribution in [0.5, 0.6) is 0 Å². The Morgan fingerprint density at radius 3 is 2.86 bits per heavy atom. The highest BCUT2D eigenvalue weighted by atomic mass is 32.1. The lowest BCUT2D eigenvalue weighted by molar-refractivity contribution is 0.0940. The summed E-state index contributed by atoms with van der Waals surface area (Å²) in [5, 5.41) is 9.06. The Hall–Kier alpha value is -2.47. The van der Waals surface area contributed by atoms with Crippen molar-refractivity contribution in [2.75, 3.05) is 0 Å². The fourth-order valence-corrected chi connectivity index (χ4v) is 2.68. The molecule has 0 aliphatic carbocycles. The number of hydrogen-bond acceptors (Lipinski definition) is 4. The van der Waals surface area contributed by atoms with E-state index in [0.717, 1.165) is 4.88 Å². The van der Waals surface area contributed by atoms with Crippen LogP contribution in [0.25, 0.3) is 5.82 Å². The van der Waals surface area contributed by atoms with Gasteiger partial charge in [0, 0.05) is 23.5 Å². The molecule has 5 nitrogen and oxygen atoms in total. The fourth-order valence-electron chi connectivity index (χ4n) is 1.95. The topological polar surface area (TPSA) is 59.8 Å². The second kappa shape index (κ2) is 5.88. The minimum Gasteiger partial charge on any atom is -0.345 e. The van der Waals surface area contributed by atoms with Crippen LogP contribution in [0.4, 0.5) is 0 Å². The summed E-state index contributed by atoms with van der Waals surface area (Å²) >= 11 is 1.63. The summed E-state index contributed by atoms with van der Waals surface area (Å²) in [6.07, 6.45) is 5.05. The predicted molar refractivity (Wildman–Crippen MR) is 81.6 cm³/mol. The van der Waals surface area contributed by atoms with E-state index in [0.29, 0.717) is 11.4 Å². The van der Waals surface area contributed by atoms with Gasteiger partial charge in [0.25, 0.3) is 5.91 Å². The average Bonchev–Trinajstić information content (AvgIpc) is 3.20. The van der Waals surface area contributed by atoms with Gasteiger partial charge in [-0.05, 0) is 36.6 Å². The molecule has 3 rings (SSSR count). The zero-order valence-electron chi connectivity index (χ0n) is 11.4. The summed E-state index contributed by atoms with van der Waals surface area (Å²) in [6.45, 7) is 1.97. The highest BCUT2D eigenvalue weighted by molar-refractivity contribution is 7.10. The van der Waals surface area contributed by atoms with Gasteiger partial charge in [0.2, 0.25) is 0 Å². The van der Waals surface area contributed by atoms with Gasteiger partial charge in [-0.25, -0.2) is 9.67 Å². The van der Waals surface area contributed by atoms with Crippen LogP contribution >= 0.6 is 11.3 Å². The van der Waals surface area contributed by atoms with Gasteiger partial charge in [-0.15, -0.1) is 11.3 Å². The molecular formula is C15H14N4OS. The minimum atomic E-state index is -0.129. The smallest absolute Gasteiger partial charge is 0.253 e. The molecule has 6 heteroatoms. The molecule has 0 aliphatic rings. The molecule has 0 saturated heterocycles. The van der Waals surface area contributed by atoms with Crippen LogP contribution in [-0.4, -0.2) is 20.7 Å². The molecule has 0 aliphatic heterocycles. The highest BCUT2D eigenvalue weighted by Gasteiger charge is 2.12. The van der Waals surface area contributed by atoms with Crippen LogP contribution in [0.3, 0.4) is 0 Å². The van der Waals surface area contributed by atoms with Crippen molar-refractivity contribution in [3.8, 4) is 5.82 Å². The maximum absolute atomic E-state index is 12.2. The molecule has 0 bridgehead atoms. The second-order valence-electron chi connectivity index (χ2n) is 4.57. The van der Waals surface area contributed by atoms with E-state index in [1.807, 2.05) is 30.5 Å². The molecule has 0 fully saturated rings. The maximum atomic E-state index is 12.2. The van der Waals surface area contributed by atoms with Crippen molar-refractivity contribution in [2.45, 2.75) is 13.0 Å². The van der Waals surface area contributed by atoms with E-state index in [9.17, 15) is 4.79 Å². The van der Waals surface area contributed by atoms with Crippen molar-refractivity contribution in [1.29, 1.82) is 0 Å². The molecule has 1 N–H and O–H groups in total. The molecule has 21 heavy (non-hydrogen) atoms. The van der Waals surface area contributed by atoms with Crippen molar-refractivity contribution in [3.63, 3.8) is 0 Å². The largest absolute Gasteiger partial charge is 0.345 e. The van der Waals surface area contributed by atoms with Crippen molar-refractivity contribution in [3.05, 3.63) is 64.7 Å². The summed E-state index contributed by atoms with van der Waals surface area (Å²) in [7, 11) is 0. The zero-order chi connectivity index (χ0) is 14.7. The summed E-state index contributed by atoms with van der Waals surface area (Å²) in [4.78, 5) is 17.6. The summed E-state index contributed by atoms with van der Waals surface area (Å²) < 4.78 is 1.65. The lowest BCUT2D eigenvalue weighted by Gasteiger charge is -2.12. The first-order valence-electron chi connectivity index (χ1n) is 6.54. The Morgan fingerprint density at radius 2 is 2.24 bits per heavy atom. The Labute approximate surface area is 126 Å². The number of carbonyl (C=O) groups excluding carboxylic acids is 1. The summed E-state index contributed by atoms with van der Waals surface area (Å²) in [6, 6.07) is 9.32. The third-order valence-corrected chi connectivity index (χ3v) is 4.12. The van der Waals surface area contributed by atoms with Gasteiger partial charge < -0.3 is 5.32 Å². The molecule has 0 radical (unpaired) electrons. The van der Waals surface area contributed by atoms with E-state index in [1.165, 1.54) is 0 Å². The first-order chi connectivity index (χ1) is 10.2. The third kappa shape index (κ3) is 3.00. The Bertz CT molecular complexity index is 705. The number of pyridine rings is 1. The van der Waals surface area contributed by atoms with Gasteiger partial charge in [0.1, 0.15) is 0 Å². The van der Waals surface area contributed by atoms with Crippen LogP contribution in [0.15, 0.2) is 54.3 Å². The van der Waals surface area contributed by atoms with Gasteiger partial charge in [-0.2, -0.15) is 5.10 Å². The van der Waals surface area contributed by atoms with Crippen LogP contribution in [0.2, 0.25) is 0 Å². The number of rotatable bonds is 4. The quantitative estimate of drug-likeness (QED) is 0.805. The molecule has 0 aromatic carbocycles. The number of hydrogen-bond donors (Lipinski definition) is 1. The standard InChI is InChI=1S/C15H14N4OS/c1-11(13-4-2-9-21-13)18-15(20)12-5-6-14(16-10-12)19-8-3-7-17-19/h2-11H,1H3,(H,18,20). The van der Waals surface area contributed by atoms with E-state index >= 15 is 0 Å². The number of thiophene rings is 1. The van der Waals surface area contributed by atoms with Crippen molar-refractivity contribution >= 4 is 17.2 Å². The molecule has 0 spiro atoms. The van der Waals surface area contributed by atoms with Crippen LogP contribution in [0.1, 0.15) is 28.2 Å². The number of amides is 1. The van der Waals surface area contributed by atoms with Gasteiger partial charge >= 0.3 is 0 Å². The molecule has 3 aromatic rings. The zero-order valence-corrected chi connectivity index (χ0v) is 12.2. The van der Waals surface area contributed by atoms with E-state index in [4.69, 9.17) is 0 Å². The van der Waals surface area contributed by atoms with Crippen LogP contribution in [0, 0.1) is 0 Å². The third-order valence-electron chi connectivity index (χ3n) is 3.07. The lowest BCUT2D eigenvalue weighted by Crippen LogP contribution is -2.26. The first-order valence-corrected chi connectivity index (χ1v) is 7.42. The van der Waals surface area contributed by atoms with Gasteiger partial charge in [-0.3, -0.25) is 4.79 Å². The highest BCUT2D eigenvalue weighted by Crippen LogP contribution is 2.18. The normalized spacial score (nSPS) is 12.0. The van der Waals surface area contributed by atoms with E-state index < -0.39 is 0 Å². The van der Waals surface area contributed by atoms with Gasteiger partial charge in [0.15, 0.2) is 5.82 Å². The number of carbonyl (C=O) groups is 1. The van der Waals surface area contributed by atoms with Crippen LogP contribution in [-0.2, 0) is 0 Å². The average molecular weight is 298 g/mol. The Balaban J connectivity index is 1.70. The maximum Gasteiger partial charge on any atom is 0.253 e. The second-order valence-corrected chi connectivity index (χ2v) is 5.55. The van der Waals surface area contributed by atoms with Gasteiger partial charge in [-0.1, -0.05) is 6.07 Å². The van der Waals surface area contributed by atoms with Gasteiger partial charge in [0.05, 0.1) is 11.6 Å². The molecule has 0 saturated carbocycles. The fraction of sp³-hybridized carbons (Fsp3) is 0.133. The van der Waals surface area contributed by atoms with Crippen molar-refractivity contribution in [2.24, 2.45) is 0 Å². The van der Waals surface area contributed by atoms with Crippen LogP contribution < -0.4 is 5.32 Å². The molecule has 3 aromatic heterocycles.